The molecular weight excluding hydrogens is 312 g/mol. The van der Waals surface area contributed by atoms with Crippen LogP contribution in [0.3, 0.4) is 0 Å². The highest BCUT2D eigenvalue weighted by Gasteiger charge is 2.14. The van der Waals surface area contributed by atoms with Crippen molar-refractivity contribution in [2.75, 3.05) is 6.61 Å². The summed E-state index contributed by atoms with van der Waals surface area (Å²) < 4.78 is 31.7. The predicted octanol–water partition coefficient (Wildman–Crippen LogP) is 3.71. The summed E-state index contributed by atoms with van der Waals surface area (Å²) in [7, 11) is 0. The second kappa shape index (κ2) is 6.99. The molecular formula is C19H19F2NO2. The molecule has 0 fully saturated rings. The fourth-order valence-corrected chi connectivity index (χ4v) is 2.94. The number of halogens is 2. The Labute approximate surface area is 139 Å². The third kappa shape index (κ3) is 3.72. The van der Waals surface area contributed by atoms with Crippen molar-refractivity contribution in [1.29, 1.82) is 0 Å². The molecule has 0 saturated carbocycles. The normalized spacial score (nSPS) is 14.1. The van der Waals surface area contributed by atoms with E-state index in [9.17, 15) is 13.6 Å². The summed E-state index contributed by atoms with van der Waals surface area (Å²) in [5, 5.41) is 2.71. The number of carbonyl (C=O) groups excluding carboxylic acids is 1. The van der Waals surface area contributed by atoms with Crippen molar-refractivity contribution in [3.8, 4) is 5.75 Å². The molecule has 0 bridgehead atoms. The molecule has 24 heavy (non-hydrogen) atoms. The van der Waals surface area contributed by atoms with Crippen molar-refractivity contribution in [3.05, 3.63) is 64.7 Å². The first-order chi connectivity index (χ1) is 11.5. The smallest absolute Gasteiger partial charge is 0.258 e. The van der Waals surface area contributed by atoms with E-state index in [1.807, 2.05) is 18.2 Å². The quantitative estimate of drug-likeness (QED) is 0.907. The molecule has 3 nitrogen and oxygen atoms in total. The largest absolute Gasteiger partial charge is 0.484 e. The first-order valence-corrected chi connectivity index (χ1v) is 8.02. The van der Waals surface area contributed by atoms with Gasteiger partial charge in [0.15, 0.2) is 18.2 Å². The van der Waals surface area contributed by atoms with E-state index in [0.717, 1.165) is 31.4 Å². The van der Waals surface area contributed by atoms with E-state index in [0.29, 0.717) is 11.3 Å². The lowest BCUT2D eigenvalue weighted by Gasteiger charge is -2.15. The van der Waals surface area contributed by atoms with Crippen LogP contribution >= 0.6 is 0 Å². The number of aryl methyl sites for hydroxylation is 2. The maximum Gasteiger partial charge on any atom is 0.258 e. The molecule has 3 rings (SSSR count). The Kier molecular flexibility index (Phi) is 4.79. The van der Waals surface area contributed by atoms with E-state index in [1.165, 1.54) is 17.2 Å². The standard InChI is InChI=1S/C19H19F2NO2/c1-12(14-6-8-17(20)18(21)10-14)22-19(23)11-24-16-7-5-13-3-2-4-15(13)9-16/h5-10,12H,2-4,11H2,1H3,(H,22,23). The Bertz CT molecular complexity index is 761. The van der Waals surface area contributed by atoms with Crippen molar-refractivity contribution < 1.29 is 18.3 Å². The molecule has 1 unspecified atom stereocenters. The molecule has 0 heterocycles. The number of ether oxygens (including phenoxy) is 1. The molecule has 2 aromatic carbocycles. The summed E-state index contributed by atoms with van der Waals surface area (Å²) in [6.07, 6.45) is 3.30. The number of rotatable bonds is 5. The highest BCUT2D eigenvalue weighted by Crippen LogP contribution is 2.26. The van der Waals surface area contributed by atoms with Gasteiger partial charge in [0.1, 0.15) is 5.75 Å². The number of hydrogen-bond donors (Lipinski definition) is 1. The Morgan fingerprint density at radius 1 is 1.12 bits per heavy atom. The molecule has 5 heteroatoms. The monoisotopic (exact) mass is 331 g/mol. The molecule has 1 aliphatic rings. The summed E-state index contributed by atoms with van der Waals surface area (Å²) in [4.78, 5) is 12.0. The van der Waals surface area contributed by atoms with E-state index < -0.39 is 17.7 Å². The summed E-state index contributed by atoms with van der Waals surface area (Å²) in [5.41, 5.74) is 3.13. The van der Waals surface area contributed by atoms with Gasteiger partial charge in [-0.05, 0) is 67.1 Å². The van der Waals surface area contributed by atoms with E-state index in [-0.39, 0.29) is 12.5 Å². The van der Waals surface area contributed by atoms with Crippen LogP contribution in [0.1, 0.15) is 36.1 Å². The summed E-state index contributed by atoms with van der Waals surface area (Å²) >= 11 is 0. The lowest BCUT2D eigenvalue weighted by Crippen LogP contribution is -2.31. The zero-order valence-corrected chi connectivity index (χ0v) is 13.4. The maximum absolute atomic E-state index is 13.2. The number of benzene rings is 2. The molecule has 126 valence electrons. The fourth-order valence-electron chi connectivity index (χ4n) is 2.94. The average molecular weight is 331 g/mol. The SMILES string of the molecule is CC(NC(=O)COc1ccc2c(c1)CCC2)c1ccc(F)c(F)c1. The molecule has 1 amide bonds. The van der Waals surface area contributed by atoms with Crippen molar-refractivity contribution in [2.45, 2.75) is 32.2 Å². The number of carbonyl (C=O) groups is 1. The molecule has 0 aliphatic heterocycles. The van der Waals surface area contributed by atoms with E-state index in [4.69, 9.17) is 4.74 Å². The molecule has 2 aromatic rings. The Balaban J connectivity index is 1.54. The number of hydrogen-bond acceptors (Lipinski definition) is 2. The van der Waals surface area contributed by atoms with Gasteiger partial charge in [-0.25, -0.2) is 8.78 Å². The summed E-state index contributed by atoms with van der Waals surface area (Å²) in [6.45, 7) is 1.59. The van der Waals surface area contributed by atoms with Crippen LogP contribution in [0.4, 0.5) is 8.78 Å². The van der Waals surface area contributed by atoms with Gasteiger partial charge in [0.2, 0.25) is 0 Å². The van der Waals surface area contributed by atoms with E-state index in [2.05, 4.69) is 5.32 Å². The zero-order valence-electron chi connectivity index (χ0n) is 13.4. The van der Waals surface area contributed by atoms with Crippen LogP contribution in [0.15, 0.2) is 36.4 Å². The lowest BCUT2D eigenvalue weighted by atomic mass is 10.1. The zero-order chi connectivity index (χ0) is 17.1. The van der Waals surface area contributed by atoms with Crippen molar-refractivity contribution >= 4 is 5.91 Å². The van der Waals surface area contributed by atoms with Crippen LogP contribution in [-0.2, 0) is 17.6 Å². The highest BCUT2D eigenvalue weighted by atomic mass is 19.2. The van der Waals surface area contributed by atoms with E-state index in [1.54, 1.807) is 6.92 Å². The maximum atomic E-state index is 13.2. The lowest BCUT2D eigenvalue weighted by molar-refractivity contribution is -0.123. The van der Waals surface area contributed by atoms with Crippen LogP contribution < -0.4 is 10.1 Å². The average Bonchev–Trinajstić information content (AvgIpc) is 3.03. The van der Waals surface area contributed by atoms with Gasteiger partial charge < -0.3 is 10.1 Å². The Morgan fingerprint density at radius 2 is 1.92 bits per heavy atom. The topological polar surface area (TPSA) is 38.3 Å². The second-order valence-electron chi connectivity index (χ2n) is 6.04. The van der Waals surface area contributed by atoms with Crippen LogP contribution in [-0.4, -0.2) is 12.5 Å². The van der Waals surface area contributed by atoms with Gasteiger partial charge in [-0.3, -0.25) is 4.79 Å². The van der Waals surface area contributed by atoms with Gasteiger partial charge in [0, 0.05) is 0 Å². The summed E-state index contributed by atoms with van der Waals surface area (Å²) in [5.74, 6) is -1.47. The first-order valence-electron chi connectivity index (χ1n) is 8.02. The first kappa shape index (κ1) is 16.4. The van der Waals surface area contributed by atoms with Gasteiger partial charge in [0.25, 0.3) is 5.91 Å². The predicted molar refractivity (Wildman–Crippen MR) is 86.9 cm³/mol. The minimum atomic E-state index is -0.928. The van der Waals surface area contributed by atoms with Gasteiger partial charge >= 0.3 is 0 Å². The van der Waals surface area contributed by atoms with Crippen molar-refractivity contribution in [1.82, 2.24) is 5.32 Å². The van der Waals surface area contributed by atoms with Crippen molar-refractivity contribution in [2.24, 2.45) is 0 Å². The van der Waals surface area contributed by atoms with Crippen molar-refractivity contribution in [3.63, 3.8) is 0 Å². The van der Waals surface area contributed by atoms with Gasteiger partial charge in [0.05, 0.1) is 6.04 Å². The molecule has 1 aliphatic carbocycles. The number of amides is 1. The van der Waals surface area contributed by atoms with Crippen LogP contribution in [0.2, 0.25) is 0 Å². The molecule has 1 N–H and O–H groups in total. The van der Waals surface area contributed by atoms with Crippen LogP contribution in [0.25, 0.3) is 0 Å². The fraction of sp³-hybridized carbons (Fsp3) is 0.316. The summed E-state index contributed by atoms with van der Waals surface area (Å²) in [6, 6.07) is 9.04. The molecule has 0 radical (unpaired) electrons. The third-order valence-electron chi connectivity index (χ3n) is 4.26. The van der Waals surface area contributed by atoms with Gasteiger partial charge in [-0.2, -0.15) is 0 Å². The minimum absolute atomic E-state index is 0.118. The highest BCUT2D eigenvalue weighted by molar-refractivity contribution is 5.78. The molecule has 1 atom stereocenters. The van der Waals surface area contributed by atoms with Gasteiger partial charge in [-0.1, -0.05) is 12.1 Å². The van der Waals surface area contributed by atoms with Gasteiger partial charge in [-0.15, -0.1) is 0 Å². The third-order valence-corrected chi connectivity index (χ3v) is 4.26. The van der Waals surface area contributed by atoms with E-state index >= 15 is 0 Å². The van der Waals surface area contributed by atoms with Crippen LogP contribution in [0.5, 0.6) is 5.75 Å². The molecule has 0 saturated heterocycles. The Morgan fingerprint density at radius 3 is 2.71 bits per heavy atom. The molecule has 0 aromatic heterocycles. The number of nitrogens with one attached hydrogen (secondary N) is 1. The molecule has 0 spiro atoms. The Hall–Kier alpha value is -2.43. The van der Waals surface area contributed by atoms with Crippen LogP contribution in [0, 0.1) is 11.6 Å². The number of fused-ring (bicyclic) bond motifs is 1. The second-order valence-corrected chi connectivity index (χ2v) is 6.04. The minimum Gasteiger partial charge on any atom is -0.484 e.